The fourth-order valence-electron chi connectivity index (χ4n) is 2.94. The normalized spacial score (nSPS) is 30.8. The number of amides is 1. The maximum Gasteiger partial charge on any atom is 0.220 e. The van der Waals surface area contributed by atoms with Gasteiger partial charge in [-0.2, -0.15) is 0 Å². The van der Waals surface area contributed by atoms with E-state index in [2.05, 4.69) is 5.32 Å². The van der Waals surface area contributed by atoms with Crippen molar-refractivity contribution in [2.45, 2.75) is 57.4 Å². The summed E-state index contributed by atoms with van der Waals surface area (Å²) < 4.78 is 0. The topological polar surface area (TPSA) is 55.1 Å². The molecule has 0 aromatic rings. The van der Waals surface area contributed by atoms with E-state index in [1.807, 2.05) is 0 Å². The first-order chi connectivity index (χ1) is 7.74. The molecule has 0 spiro atoms. The number of hydrogen-bond donors (Lipinski definition) is 2. The van der Waals surface area contributed by atoms with Crippen molar-refractivity contribution >= 4 is 5.91 Å². The van der Waals surface area contributed by atoms with Crippen LogP contribution >= 0.6 is 0 Å². The first-order valence-electron chi connectivity index (χ1n) is 6.76. The van der Waals surface area contributed by atoms with Gasteiger partial charge in [0.1, 0.15) is 0 Å². The van der Waals surface area contributed by atoms with E-state index in [1.54, 1.807) is 0 Å². The van der Waals surface area contributed by atoms with Gasteiger partial charge in [0.25, 0.3) is 0 Å². The molecule has 0 radical (unpaired) electrons. The highest BCUT2D eigenvalue weighted by Gasteiger charge is 2.26. The van der Waals surface area contributed by atoms with E-state index in [4.69, 9.17) is 5.73 Å². The highest BCUT2D eigenvalue weighted by Crippen LogP contribution is 2.27. The molecule has 3 heteroatoms. The minimum atomic E-state index is 0.257. The van der Waals surface area contributed by atoms with Crippen molar-refractivity contribution in [3.05, 3.63) is 0 Å². The van der Waals surface area contributed by atoms with Gasteiger partial charge in [0, 0.05) is 19.0 Å². The Bertz CT molecular complexity index is 230. The molecule has 3 N–H and O–H groups in total. The molecule has 0 aliphatic heterocycles. The summed E-state index contributed by atoms with van der Waals surface area (Å²) in [5, 5.41) is 3.06. The predicted molar refractivity (Wildman–Crippen MR) is 64.9 cm³/mol. The van der Waals surface area contributed by atoms with Gasteiger partial charge in [-0.05, 0) is 37.5 Å². The van der Waals surface area contributed by atoms with Crippen LogP contribution in [0.3, 0.4) is 0 Å². The Kier molecular flexibility index (Phi) is 4.22. The van der Waals surface area contributed by atoms with Crippen LogP contribution in [0.2, 0.25) is 0 Å². The molecule has 16 heavy (non-hydrogen) atoms. The molecule has 1 amide bonds. The first-order valence-corrected chi connectivity index (χ1v) is 6.76. The summed E-state index contributed by atoms with van der Waals surface area (Å²) >= 11 is 0. The molecule has 2 fully saturated rings. The quantitative estimate of drug-likeness (QED) is 0.765. The van der Waals surface area contributed by atoms with Gasteiger partial charge < -0.3 is 11.1 Å². The van der Waals surface area contributed by atoms with E-state index in [-0.39, 0.29) is 5.91 Å². The molecule has 0 aromatic carbocycles. The third-order valence-corrected chi connectivity index (χ3v) is 4.06. The van der Waals surface area contributed by atoms with Crippen LogP contribution in [0.15, 0.2) is 0 Å². The van der Waals surface area contributed by atoms with Gasteiger partial charge in [0.15, 0.2) is 0 Å². The molecule has 0 heterocycles. The van der Waals surface area contributed by atoms with Crippen molar-refractivity contribution in [2.24, 2.45) is 17.6 Å². The van der Waals surface area contributed by atoms with Crippen LogP contribution in [-0.4, -0.2) is 18.5 Å². The monoisotopic (exact) mass is 224 g/mol. The minimum Gasteiger partial charge on any atom is -0.356 e. The maximum atomic E-state index is 11.7. The molecule has 3 nitrogen and oxygen atoms in total. The summed E-state index contributed by atoms with van der Waals surface area (Å²) in [5.41, 5.74) is 5.71. The third-order valence-electron chi connectivity index (χ3n) is 4.06. The summed E-state index contributed by atoms with van der Waals surface area (Å²) in [5.74, 6) is 1.55. The van der Waals surface area contributed by atoms with Crippen molar-refractivity contribution in [3.63, 3.8) is 0 Å². The number of hydrogen-bond acceptors (Lipinski definition) is 2. The number of carbonyl (C=O) groups excluding carboxylic acids is 1. The predicted octanol–water partition coefficient (Wildman–Crippen LogP) is 1.81. The molecular weight excluding hydrogens is 200 g/mol. The average molecular weight is 224 g/mol. The Hall–Kier alpha value is -0.570. The standard InChI is InChI=1S/C13H24N2O/c14-12-6-11(7-12)9-15-13(16)8-10-4-2-1-3-5-10/h10-12H,1-9,14H2,(H,15,16). The maximum absolute atomic E-state index is 11.7. The van der Waals surface area contributed by atoms with E-state index in [9.17, 15) is 4.79 Å². The Labute approximate surface area is 98.2 Å². The molecule has 2 aliphatic rings. The average Bonchev–Trinajstić information content (AvgIpc) is 2.24. The third kappa shape index (κ3) is 3.48. The van der Waals surface area contributed by atoms with Crippen LogP contribution in [0.1, 0.15) is 51.4 Å². The van der Waals surface area contributed by atoms with Gasteiger partial charge in [-0.1, -0.05) is 19.3 Å². The summed E-state index contributed by atoms with van der Waals surface area (Å²) in [4.78, 5) is 11.7. The van der Waals surface area contributed by atoms with Gasteiger partial charge in [-0.25, -0.2) is 0 Å². The molecule has 0 bridgehead atoms. The summed E-state index contributed by atoms with van der Waals surface area (Å²) in [6, 6.07) is 0.389. The fourth-order valence-corrected chi connectivity index (χ4v) is 2.94. The van der Waals surface area contributed by atoms with Crippen molar-refractivity contribution in [1.29, 1.82) is 0 Å². The largest absolute Gasteiger partial charge is 0.356 e. The Morgan fingerprint density at radius 3 is 2.44 bits per heavy atom. The zero-order valence-electron chi connectivity index (χ0n) is 10.1. The lowest BCUT2D eigenvalue weighted by Gasteiger charge is -2.32. The fraction of sp³-hybridized carbons (Fsp3) is 0.923. The second kappa shape index (κ2) is 5.67. The SMILES string of the molecule is NC1CC(CNC(=O)CC2CCCCC2)C1. The van der Waals surface area contributed by atoms with Gasteiger partial charge >= 0.3 is 0 Å². The van der Waals surface area contributed by atoms with E-state index in [0.29, 0.717) is 17.9 Å². The summed E-state index contributed by atoms with van der Waals surface area (Å²) in [7, 11) is 0. The Morgan fingerprint density at radius 2 is 1.81 bits per heavy atom. The summed E-state index contributed by atoms with van der Waals surface area (Å²) in [6.45, 7) is 0.846. The van der Waals surface area contributed by atoms with Crippen LogP contribution in [-0.2, 0) is 4.79 Å². The van der Waals surface area contributed by atoms with Crippen molar-refractivity contribution in [3.8, 4) is 0 Å². The molecule has 2 saturated carbocycles. The van der Waals surface area contributed by atoms with Crippen LogP contribution in [0.4, 0.5) is 0 Å². The Balaban J connectivity index is 1.57. The van der Waals surface area contributed by atoms with Gasteiger partial charge in [-0.15, -0.1) is 0 Å². The highest BCUT2D eigenvalue weighted by molar-refractivity contribution is 5.76. The molecule has 92 valence electrons. The molecule has 0 saturated heterocycles. The molecule has 0 aromatic heterocycles. The van der Waals surface area contributed by atoms with E-state index < -0.39 is 0 Å². The number of nitrogens with two attached hydrogens (primary N) is 1. The van der Waals surface area contributed by atoms with Crippen LogP contribution < -0.4 is 11.1 Å². The highest BCUT2D eigenvalue weighted by atomic mass is 16.1. The zero-order valence-corrected chi connectivity index (χ0v) is 10.1. The molecule has 2 rings (SSSR count). The number of rotatable bonds is 4. The van der Waals surface area contributed by atoms with Crippen LogP contribution in [0.5, 0.6) is 0 Å². The molecule has 0 atom stereocenters. The first kappa shape index (κ1) is 11.9. The van der Waals surface area contributed by atoms with Gasteiger partial charge in [0.2, 0.25) is 5.91 Å². The second-order valence-electron chi connectivity index (χ2n) is 5.61. The second-order valence-corrected chi connectivity index (χ2v) is 5.61. The minimum absolute atomic E-state index is 0.257. The lowest BCUT2D eigenvalue weighted by atomic mass is 9.81. The molecular formula is C13H24N2O. The van der Waals surface area contributed by atoms with E-state index in [1.165, 1.54) is 32.1 Å². The lowest BCUT2D eigenvalue weighted by Crippen LogP contribution is -2.42. The van der Waals surface area contributed by atoms with Crippen LogP contribution in [0.25, 0.3) is 0 Å². The van der Waals surface area contributed by atoms with E-state index in [0.717, 1.165) is 25.8 Å². The summed E-state index contributed by atoms with van der Waals surface area (Å²) in [6.07, 6.45) is 9.42. The van der Waals surface area contributed by atoms with Gasteiger partial charge in [-0.3, -0.25) is 4.79 Å². The number of carbonyl (C=O) groups is 1. The zero-order chi connectivity index (χ0) is 11.4. The number of nitrogens with one attached hydrogen (secondary N) is 1. The van der Waals surface area contributed by atoms with Crippen molar-refractivity contribution in [1.82, 2.24) is 5.32 Å². The van der Waals surface area contributed by atoms with Gasteiger partial charge in [0.05, 0.1) is 0 Å². The van der Waals surface area contributed by atoms with Crippen molar-refractivity contribution in [2.75, 3.05) is 6.54 Å². The van der Waals surface area contributed by atoms with Crippen LogP contribution in [0, 0.1) is 11.8 Å². The smallest absolute Gasteiger partial charge is 0.220 e. The molecule has 2 aliphatic carbocycles. The Morgan fingerprint density at radius 1 is 1.12 bits per heavy atom. The van der Waals surface area contributed by atoms with E-state index >= 15 is 0 Å². The lowest BCUT2D eigenvalue weighted by molar-refractivity contribution is -0.122. The van der Waals surface area contributed by atoms with Crippen molar-refractivity contribution < 1.29 is 4.79 Å². The molecule has 0 unspecified atom stereocenters.